The Morgan fingerprint density at radius 1 is 1.20 bits per heavy atom. The number of carbonyl (C=O) groups excluding carboxylic acids is 2. The maximum absolute atomic E-state index is 12.1. The van der Waals surface area contributed by atoms with Crippen LogP contribution in [0.5, 0.6) is 0 Å². The van der Waals surface area contributed by atoms with Gasteiger partial charge in [0.05, 0.1) is 5.92 Å². The minimum Gasteiger partial charge on any atom is -0.299 e. The quantitative estimate of drug-likeness (QED) is 0.571. The normalized spacial score (nSPS) is 30.5. The van der Waals surface area contributed by atoms with E-state index in [1.54, 1.807) is 0 Å². The lowest BCUT2D eigenvalue weighted by Crippen LogP contribution is -2.35. The Bertz CT molecular complexity index is 361. The second-order valence-electron chi connectivity index (χ2n) is 5.43. The molecule has 0 radical (unpaired) electrons. The maximum atomic E-state index is 12.1. The number of Topliss-reactive ketones (excluding diaryl/α,β-unsaturated/α-hetero) is 2. The minimum absolute atomic E-state index is 0.0217. The van der Waals surface area contributed by atoms with Crippen LogP contribution < -0.4 is 0 Å². The van der Waals surface area contributed by atoms with Crippen molar-refractivity contribution in [1.29, 1.82) is 0 Å². The third kappa shape index (κ3) is 1.56. The van der Waals surface area contributed by atoms with Gasteiger partial charge in [-0.2, -0.15) is 0 Å². The summed E-state index contributed by atoms with van der Waals surface area (Å²) >= 11 is 0. The number of rotatable bonds is 0. The summed E-state index contributed by atoms with van der Waals surface area (Å²) in [5.41, 5.74) is 2.18. The van der Waals surface area contributed by atoms with E-state index in [-0.39, 0.29) is 22.9 Å². The van der Waals surface area contributed by atoms with Gasteiger partial charge >= 0.3 is 0 Å². The molecule has 2 aliphatic carbocycles. The van der Waals surface area contributed by atoms with Crippen molar-refractivity contribution in [3.63, 3.8) is 0 Å². The molecule has 2 aliphatic rings. The van der Waals surface area contributed by atoms with E-state index in [0.717, 1.165) is 18.4 Å². The van der Waals surface area contributed by atoms with Gasteiger partial charge in [-0.1, -0.05) is 19.4 Å². The van der Waals surface area contributed by atoms with Crippen molar-refractivity contribution in [2.45, 2.75) is 46.5 Å². The summed E-state index contributed by atoms with van der Waals surface area (Å²) in [7, 11) is 0. The van der Waals surface area contributed by atoms with Gasteiger partial charge in [0.25, 0.3) is 0 Å². The Kier molecular flexibility index (Phi) is 2.32. The van der Waals surface area contributed by atoms with Crippen LogP contribution in [0.25, 0.3) is 0 Å². The average molecular weight is 206 g/mol. The second kappa shape index (κ2) is 3.29. The Hall–Kier alpha value is -0.920. The van der Waals surface area contributed by atoms with Gasteiger partial charge in [-0.05, 0) is 37.2 Å². The molecule has 1 fully saturated rings. The summed E-state index contributed by atoms with van der Waals surface area (Å²) in [4.78, 5) is 23.8. The predicted octanol–water partition coefficient (Wildman–Crippen LogP) is 2.67. The van der Waals surface area contributed by atoms with E-state index < -0.39 is 0 Å². The molecule has 2 nitrogen and oxygen atoms in total. The predicted molar refractivity (Wildman–Crippen MR) is 58.5 cm³/mol. The molecule has 82 valence electrons. The first kappa shape index (κ1) is 10.6. The summed E-state index contributed by atoms with van der Waals surface area (Å²) in [5.74, 6) is -0.0499. The van der Waals surface area contributed by atoms with Gasteiger partial charge in [-0.3, -0.25) is 9.59 Å². The first-order valence-corrected chi connectivity index (χ1v) is 5.70. The lowest BCUT2D eigenvalue weighted by atomic mass is 9.67. The number of hydrogen-bond donors (Lipinski definition) is 0. The second-order valence-corrected chi connectivity index (χ2v) is 5.43. The minimum atomic E-state index is -0.332. The topological polar surface area (TPSA) is 34.1 Å². The highest BCUT2D eigenvalue weighted by molar-refractivity contribution is 6.12. The molecule has 0 amide bonds. The zero-order valence-corrected chi connectivity index (χ0v) is 9.72. The van der Waals surface area contributed by atoms with Crippen LogP contribution >= 0.6 is 0 Å². The van der Waals surface area contributed by atoms with E-state index in [2.05, 4.69) is 20.8 Å². The number of hydrogen-bond acceptors (Lipinski definition) is 2. The van der Waals surface area contributed by atoms with Crippen molar-refractivity contribution >= 4 is 11.6 Å². The van der Waals surface area contributed by atoms with E-state index in [1.807, 2.05) is 0 Å². The standard InChI is InChI=1S/C13H18O2/c1-8-9-5-4-6-11(14)10(12(9)15)7-13(8,2)3/h10H,4-7H2,1-3H3. The molecule has 0 aliphatic heterocycles. The number of carbonyl (C=O) groups is 2. The number of fused-ring (bicyclic) bond motifs is 2. The number of ketones is 2. The van der Waals surface area contributed by atoms with E-state index in [9.17, 15) is 9.59 Å². The van der Waals surface area contributed by atoms with Crippen molar-refractivity contribution in [3.05, 3.63) is 11.1 Å². The largest absolute Gasteiger partial charge is 0.299 e. The molecule has 15 heavy (non-hydrogen) atoms. The molecule has 2 bridgehead atoms. The fraction of sp³-hybridized carbons (Fsp3) is 0.692. The summed E-state index contributed by atoms with van der Waals surface area (Å²) < 4.78 is 0. The van der Waals surface area contributed by atoms with Gasteiger partial charge in [-0.15, -0.1) is 0 Å². The van der Waals surface area contributed by atoms with Gasteiger partial charge in [0, 0.05) is 6.42 Å². The zero-order valence-electron chi connectivity index (χ0n) is 9.72. The molecule has 0 spiro atoms. The Labute approximate surface area is 90.7 Å². The Morgan fingerprint density at radius 3 is 2.53 bits per heavy atom. The highest BCUT2D eigenvalue weighted by atomic mass is 16.2. The monoisotopic (exact) mass is 206 g/mol. The third-order valence-corrected chi connectivity index (χ3v) is 4.03. The highest BCUT2D eigenvalue weighted by Crippen LogP contribution is 2.44. The molecule has 0 saturated heterocycles. The molecule has 2 rings (SSSR count). The van der Waals surface area contributed by atoms with Crippen LogP contribution in [0.15, 0.2) is 11.1 Å². The van der Waals surface area contributed by atoms with Crippen molar-refractivity contribution in [2.75, 3.05) is 0 Å². The van der Waals surface area contributed by atoms with Gasteiger partial charge in [0.2, 0.25) is 0 Å². The fourth-order valence-electron chi connectivity index (χ4n) is 2.74. The van der Waals surface area contributed by atoms with Gasteiger partial charge in [-0.25, -0.2) is 0 Å². The van der Waals surface area contributed by atoms with E-state index >= 15 is 0 Å². The van der Waals surface area contributed by atoms with Gasteiger partial charge in [0.15, 0.2) is 5.78 Å². The van der Waals surface area contributed by atoms with Crippen LogP contribution in [-0.2, 0) is 9.59 Å². The Balaban J connectivity index is 2.53. The molecule has 1 saturated carbocycles. The van der Waals surface area contributed by atoms with Crippen molar-refractivity contribution in [1.82, 2.24) is 0 Å². The molecular formula is C13H18O2. The number of allylic oxidation sites excluding steroid dienone is 2. The molecular weight excluding hydrogens is 188 g/mol. The van der Waals surface area contributed by atoms with Gasteiger partial charge in [0.1, 0.15) is 5.78 Å². The highest BCUT2D eigenvalue weighted by Gasteiger charge is 2.42. The van der Waals surface area contributed by atoms with Crippen molar-refractivity contribution < 1.29 is 9.59 Å². The molecule has 0 aromatic rings. The average Bonchev–Trinajstić information content (AvgIpc) is 2.25. The van der Waals surface area contributed by atoms with Crippen LogP contribution in [0.2, 0.25) is 0 Å². The maximum Gasteiger partial charge on any atom is 0.169 e. The molecule has 1 unspecified atom stereocenters. The fourth-order valence-corrected chi connectivity index (χ4v) is 2.74. The van der Waals surface area contributed by atoms with E-state index in [0.29, 0.717) is 12.8 Å². The van der Waals surface area contributed by atoms with Crippen molar-refractivity contribution in [2.24, 2.45) is 11.3 Å². The molecule has 1 atom stereocenters. The van der Waals surface area contributed by atoms with Crippen LogP contribution in [0.3, 0.4) is 0 Å². The summed E-state index contributed by atoms with van der Waals surface area (Å²) in [6, 6.07) is 0. The molecule has 0 N–H and O–H groups in total. The first-order chi connectivity index (χ1) is 6.93. The smallest absolute Gasteiger partial charge is 0.169 e. The molecule has 0 aromatic carbocycles. The van der Waals surface area contributed by atoms with Gasteiger partial charge < -0.3 is 0 Å². The summed E-state index contributed by atoms with van der Waals surface area (Å²) in [5, 5.41) is 0. The SMILES string of the molecule is CC1=C2CCCC(=O)C(CC1(C)C)C2=O. The van der Waals surface area contributed by atoms with E-state index in [4.69, 9.17) is 0 Å². The van der Waals surface area contributed by atoms with Crippen LogP contribution in [0.4, 0.5) is 0 Å². The van der Waals surface area contributed by atoms with Crippen LogP contribution in [0, 0.1) is 11.3 Å². The third-order valence-electron chi connectivity index (χ3n) is 4.03. The Morgan fingerprint density at radius 2 is 1.87 bits per heavy atom. The lowest BCUT2D eigenvalue weighted by molar-refractivity contribution is -0.132. The lowest BCUT2D eigenvalue weighted by Gasteiger charge is -2.35. The zero-order chi connectivity index (χ0) is 11.2. The van der Waals surface area contributed by atoms with Crippen molar-refractivity contribution in [3.8, 4) is 0 Å². The molecule has 0 aromatic heterocycles. The summed E-state index contributed by atoms with van der Waals surface area (Å²) in [6.45, 7) is 6.33. The summed E-state index contributed by atoms with van der Waals surface area (Å²) in [6.07, 6.45) is 2.95. The first-order valence-electron chi connectivity index (χ1n) is 5.70. The van der Waals surface area contributed by atoms with Crippen LogP contribution in [-0.4, -0.2) is 11.6 Å². The van der Waals surface area contributed by atoms with E-state index in [1.165, 1.54) is 5.57 Å². The van der Waals surface area contributed by atoms with Crippen LogP contribution in [0.1, 0.15) is 46.5 Å². The molecule has 0 heterocycles. The molecule has 2 heteroatoms.